The Kier molecular flexibility index (Phi) is 1.95. The highest BCUT2D eigenvalue weighted by Crippen LogP contribution is 2.34. The summed E-state index contributed by atoms with van der Waals surface area (Å²) in [5.41, 5.74) is 2.54. The molecule has 90 valence electrons. The SMILES string of the molecule is CC1CN2C=CC=c3ccc4c(c32)N1C=CC=4Cl. The lowest BCUT2D eigenvalue weighted by atomic mass is 10.0. The Balaban J connectivity index is 2.18. The molecule has 3 heterocycles. The van der Waals surface area contributed by atoms with Crippen molar-refractivity contribution in [3.8, 4) is 0 Å². The van der Waals surface area contributed by atoms with Crippen molar-refractivity contribution < 1.29 is 0 Å². The lowest BCUT2D eigenvalue weighted by Gasteiger charge is -2.42. The van der Waals surface area contributed by atoms with Crippen LogP contribution in [-0.4, -0.2) is 12.6 Å². The van der Waals surface area contributed by atoms with Crippen molar-refractivity contribution in [2.75, 3.05) is 16.3 Å². The third kappa shape index (κ3) is 1.19. The third-order valence-electron chi connectivity index (χ3n) is 3.84. The number of rotatable bonds is 0. The van der Waals surface area contributed by atoms with Gasteiger partial charge in [-0.25, -0.2) is 0 Å². The van der Waals surface area contributed by atoms with E-state index >= 15 is 0 Å². The molecule has 3 aliphatic heterocycles. The minimum Gasteiger partial charge on any atom is -0.344 e. The summed E-state index contributed by atoms with van der Waals surface area (Å²) < 4.78 is 0. The highest BCUT2D eigenvalue weighted by atomic mass is 35.5. The van der Waals surface area contributed by atoms with E-state index in [1.165, 1.54) is 16.6 Å². The number of anilines is 2. The summed E-state index contributed by atoms with van der Waals surface area (Å²) in [7, 11) is 0. The predicted molar refractivity (Wildman–Crippen MR) is 77.0 cm³/mol. The number of hydrogen-bond donors (Lipinski definition) is 0. The zero-order valence-electron chi connectivity index (χ0n) is 10.1. The first-order valence-corrected chi connectivity index (χ1v) is 6.58. The summed E-state index contributed by atoms with van der Waals surface area (Å²) in [6.07, 6.45) is 10.5. The molecule has 1 unspecified atom stereocenters. The van der Waals surface area contributed by atoms with Crippen molar-refractivity contribution in [3.05, 3.63) is 47.1 Å². The molecule has 0 N–H and O–H groups in total. The standard InChI is InChI=1S/C15H13ClN2/c1-10-9-17-7-2-3-11-4-5-12-13(16)6-8-18(10)15(12)14(11)17/h2-8,10H,9H2,1H3. The van der Waals surface area contributed by atoms with Crippen molar-refractivity contribution >= 4 is 34.1 Å². The Morgan fingerprint density at radius 1 is 1.22 bits per heavy atom. The number of hydrogen-bond acceptors (Lipinski definition) is 2. The van der Waals surface area contributed by atoms with Gasteiger partial charge in [0.2, 0.25) is 0 Å². The van der Waals surface area contributed by atoms with E-state index in [4.69, 9.17) is 11.6 Å². The molecule has 0 fully saturated rings. The van der Waals surface area contributed by atoms with Crippen LogP contribution in [-0.2, 0) is 0 Å². The molecule has 0 spiro atoms. The van der Waals surface area contributed by atoms with Gasteiger partial charge in [0.1, 0.15) is 0 Å². The monoisotopic (exact) mass is 256 g/mol. The maximum Gasteiger partial charge on any atom is 0.0745 e. The first-order chi connectivity index (χ1) is 8.75. The molecule has 0 aromatic heterocycles. The molecule has 3 heteroatoms. The quantitative estimate of drug-likeness (QED) is 0.700. The minimum absolute atomic E-state index is 0.454. The van der Waals surface area contributed by atoms with Gasteiger partial charge in [0.05, 0.1) is 16.4 Å². The number of benzene rings is 1. The van der Waals surface area contributed by atoms with E-state index in [2.05, 4.69) is 53.4 Å². The average molecular weight is 257 g/mol. The molecular formula is C15H13ClN2. The van der Waals surface area contributed by atoms with Gasteiger partial charge in [-0.15, -0.1) is 0 Å². The van der Waals surface area contributed by atoms with Crippen LogP contribution in [0.2, 0.25) is 0 Å². The van der Waals surface area contributed by atoms with Gasteiger partial charge in [-0.2, -0.15) is 0 Å². The molecule has 18 heavy (non-hydrogen) atoms. The number of nitrogens with zero attached hydrogens (tertiary/aromatic N) is 2. The van der Waals surface area contributed by atoms with Gasteiger partial charge in [0.15, 0.2) is 0 Å². The molecule has 0 amide bonds. The van der Waals surface area contributed by atoms with Crippen LogP contribution in [0.1, 0.15) is 6.92 Å². The van der Waals surface area contributed by atoms with Crippen LogP contribution in [0, 0.1) is 0 Å². The van der Waals surface area contributed by atoms with E-state index in [-0.39, 0.29) is 0 Å². The lowest BCUT2D eigenvalue weighted by molar-refractivity contribution is 0.672. The second-order valence-corrected chi connectivity index (χ2v) is 5.39. The van der Waals surface area contributed by atoms with Crippen molar-refractivity contribution in [2.24, 2.45) is 0 Å². The maximum atomic E-state index is 6.33. The van der Waals surface area contributed by atoms with Gasteiger partial charge < -0.3 is 9.80 Å². The minimum atomic E-state index is 0.454. The zero-order valence-corrected chi connectivity index (χ0v) is 10.9. The van der Waals surface area contributed by atoms with Crippen molar-refractivity contribution in [1.82, 2.24) is 0 Å². The molecular weight excluding hydrogens is 244 g/mol. The van der Waals surface area contributed by atoms with Crippen LogP contribution in [0.15, 0.2) is 36.7 Å². The summed E-state index contributed by atoms with van der Waals surface area (Å²) in [6.45, 7) is 3.25. The topological polar surface area (TPSA) is 6.48 Å². The van der Waals surface area contributed by atoms with Gasteiger partial charge in [-0.05, 0) is 19.1 Å². The lowest BCUT2D eigenvalue weighted by Crippen LogP contribution is -2.49. The van der Waals surface area contributed by atoms with Gasteiger partial charge in [0.25, 0.3) is 0 Å². The van der Waals surface area contributed by atoms with Crippen molar-refractivity contribution in [2.45, 2.75) is 13.0 Å². The van der Waals surface area contributed by atoms with Crippen LogP contribution >= 0.6 is 11.6 Å². The smallest absolute Gasteiger partial charge is 0.0745 e. The van der Waals surface area contributed by atoms with Crippen LogP contribution < -0.4 is 20.2 Å². The molecule has 0 saturated carbocycles. The maximum absolute atomic E-state index is 6.33. The molecule has 0 bridgehead atoms. The Morgan fingerprint density at radius 3 is 3.00 bits per heavy atom. The van der Waals surface area contributed by atoms with E-state index in [0.29, 0.717) is 6.04 Å². The second kappa shape index (κ2) is 3.42. The molecule has 0 aliphatic carbocycles. The molecule has 2 nitrogen and oxygen atoms in total. The summed E-state index contributed by atoms with van der Waals surface area (Å²) in [5.74, 6) is 0. The highest BCUT2D eigenvalue weighted by Gasteiger charge is 2.30. The zero-order chi connectivity index (χ0) is 12.3. The highest BCUT2D eigenvalue weighted by molar-refractivity contribution is 6.47. The van der Waals surface area contributed by atoms with E-state index < -0.39 is 0 Å². The molecule has 1 aromatic carbocycles. The molecule has 0 saturated heterocycles. The van der Waals surface area contributed by atoms with Gasteiger partial charge >= 0.3 is 0 Å². The summed E-state index contributed by atoms with van der Waals surface area (Å²) in [5, 5.41) is 3.23. The summed E-state index contributed by atoms with van der Waals surface area (Å²) in [4.78, 5) is 4.67. The summed E-state index contributed by atoms with van der Waals surface area (Å²) >= 11 is 6.33. The largest absolute Gasteiger partial charge is 0.344 e. The Hall–Kier alpha value is -1.67. The molecule has 1 aromatic rings. The van der Waals surface area contributed by atoms with E-state index in [1.54, 1.807) is 0 Å². The third-order valence-corrected chi connectivity index (χ3v) is 4.17. The number of allylic oxidation sites excluding steroid dienone is 2. The number of halogens is 1. The summed E-state index contributed by atoms with van der Waals surface area (Å²) in [6, 6.07) is 4.73. The van der Waals surface area contributed by atoms with Crippen molar-refractivity contribution in [3.63, 3.8) is 0 Å². The fraction of sp³-hybridized carbons (Fsp3) is 0.200. The van der Waals surface area contributed by atoms with Crippen LogP contribution in [0.5, 0.6) is 0 Å². The van der Waals surface area contributed by atoms with Crippen molar-refractivity contribution in [1.29, 1.82) is 0 Å². The first kappa shape index (κ1) is 10.3. The Morgan fingerprint density at radius 2 is 2.11 bits per heavy atom. The van der Waals surface area contributed by atoms with E-state index in [0.717, 1.165) is 16.8 Å². The van der Waals surface area contributed by atoms with Gasteiger partial charge in [-0.1, -0.05) is 29.8 Å². The molecule has 0 radical (unpaired) electrons. The van der Waals surface area contributed by atoms with Gasteiger partial charge in [-0.3, -0.25) is 0 Å². The first-order valence-electron chi connectivity index (χ1n) is 6.20. The second-order valence-electron chi connectivity index (χ2n) is 4.98. The van der Waals surface area contributed by atoms with E-state index in [9.17, 15) is 0 Å². The average Bonchev–Trinajstić information content (AvgIpc) is 2.38. The Bertz CT molecular complexity index is 715. The fourth-order valence-corrected chi connectivity index (χ4v) is 3.22. The Labute approximate surface area is 111 Å². The van der Waals surface area contributed by atoms with E-state index in [1.807, 2.05) is 6.08 Å². The molecule has 3 aliphatic rings. The molecule has 4 rings (SSSR count). The van der Waals surface area contributed by atoms with Crippen LogP contribution in [0.3, 0.4) is 0 Å². The van der Waals surface area contributed by atoms with Crippen LogP contribution in [0.4, 0.5) is 11.4 Å². The predicted octanol–water partition coefficient (Wildman–Crippen LogP) is 1.88. The van der Waals surface area contributed by atoms with Crippen LogP contribution in [0.25, 0.3) is 11.1 Å². The fourth-order valence-electron chi connectivity index (χ4n) is 3.01. The molecule has 1 atom stereocenters. The van der Waals surface area contributed by atoms with Gasteiger partial charge in [0, 0.05) is 35.4 Å². The normalized spacial score (nSPS) is 23.0.